The molecule has 6 nitrogen and oxygen atoms in total. The average molecular weight is 379 g/mol. The van der Waals surface area contributed by atoms with E-state index in [0.29, 0.717) is 17.1 Å². The highest BCUT2D eigenvalue weighted by Crippen LogP contribution is 2.29. The molecule has 0 aliphatic rings. The molecule has 2 heterocycles. The van der Waals surface area contributed by atoms with Crippen molar-refractivity contribution in [2.24, 2.45) is 0 Å². The summed E-state index contributed by atoms with van der Waals surface area (Å²) in [4.78, 5) is 12.2. The molecule has 0 aliphatic carbocycles. The second kappa shape index (κ2) is 7.44. The van der Waals surface area contributed by atoms with Crippen molar-refractivity contribution in [1.82, 2.24) is 15.0 Å². The molecular formula is C17H13F4N5O. The smallest absolute Gasteiger partial charge is 0.428 e. The number of nitrogen functional groups attached to an aromatic ring is 1. The molecular weight excluding hydrogens is 366 g/mol. The van der Waals surface area contributed by atoms with Crippen LogP contribution in [0, 0.1) is 0 Å². The summed E-state index contributed by atoms with van der Waals surface area (Å²) < 4.78 is 54.6. The van der Waals surface area contributed by atoms with Gasteiger partial charge in [-0.3, -0.25) is 0 Å². The quantitative estimate of drug-likeness (QED) is 0.627. The minimum absolute atomic E-state index is 0.167. The Bertz CT molecular complexity index is 938. The lowest BCUT2D eigenvalue weighted by atomic mass is 10.2. The molecule has 2 aromatic heterocycles. The molecule has 0 atom stereocenters. The van der Waals surface area contributed by atoms with Crippen LogP contribution in [0.15, 0.2) is 54.9 Å². The highest BCUT2D eigenvalue weighted by Gasteiger charge is 2.43. The monoisotopic (exact) mass is 379 g/mol. The number of benzene rings is 1. The first-order valence-corrected chi connectivity index (χ1v) is 7.60. The van der Waals surface area contributed by atoms with E-state index in [1.165, 1.54) is 24.5 Å². The van der Waals surface area contributed by atoms with Gasteiger partial charge in [-0.1, -0.05) is 6.07 Å². The molecule has 3 aromatic rings. The molecule has 0 spiro atoms. The zero-order valence-corrected chi connectivity index (χ0v) is 13.6. The number of nitrogens with one attached hydrogen (secondary N) is 1. The van der Waals surface area contributed by atoms with Gasteiger partial charge < -0.3 is 15.8 Å². The molecule has 3 rings (SSSR count). The van der Waals surface area contributed by atoms with Crippen molar-refractivity contribution in [3.05, 3.63) is 54.9 Å². The van der Waals surface area contributed by atoms with Gasteiger partial charge in [0, 0.05) is 29.7 Å². The summed E-state index contributed by atoms with van der Waals surface area (Å²) in [5.41, 5.74) is 7.19. The molecule has 27 heavy (non-hydrogen) atoms. The maximum absolute atomic E-state index is 13.0. The highest BCUT2D eigenvalue weighted by molar-refractivity contribution is 5.64. The van der Waals surface area contributed by atoms with Crippen molar-refractivity contribution in [1.29, 1.82) is 0 Å². The molecule has 0 amide bonds. The fraction of sp³-hybridized carbons (Fsp3) is 0.118. The summed E-state index contributed by atoms with van der Waals surface area (Å²) in [7, 11) is 0. The van der Waals surface area contributed by atoms with Gasteiger partial charge in [0.05, 0.1) is 5.69 Å². The Morgan fingerprint density at radius 2 is 1.81 bits per heavy atom. The van der Waals surface area contributed by atoms with Gasteiger partial charge in [-0.2, -0.15) is 17.6 Å². The minimum atomic E-state index is -4.59. The van der Waals surface area contributed by atoms with Gasteiger partial charge in [-0.15, -0.1) is 0 Å². The molecule has 0 saturated carbocycles. The van der Waals surface area contributed by atoms with Crippen LogP contribution in [0.25, 0.3) is 11.3 Å². The van der Waals surface area contributed by atoms with Crippen molar-refractivity contribution in [3.63, 3.8) is 0 Å². The van der Waals surface area contributed by atoms with Gasteiger partial charge in [-0.05, 0) is 30.3 Å². The van der Waals surface area contributed by atoms with Crippen LogP contribution in [-0.4, -0.2) is 27.5 Å². The largest absolute Gasteiger partial charge is 0.461 e. The SMILES string of the molecule is Nc1cc(-c2ccnc(Nc3cccc(OC(F)(F)C(F)F)c3)n2)ccn1. The second-order valence-electron chi connectivity index (χ2n) is 5.35. The van der Waals surface area contributed by atoms with Crippen molar-refractivity contribution in [3.8, 4) is 17.0 Å². The zero-order valence-electron chi connectivity index (χ0n) is 13.6. The summed E-state index contributed by atoms with van der Waals surface area (Å²) in [5, 5.41) is 2.80. The fourth-order valence-electron chi connectivity index (χ4n) is 2.16. The number of ether oxygens (including phenoxy) is 1. The number of aromatic nitrogens is 3. The van der Waals surface area contributed by atoms with E-state index in [2.05, 4.69) is 25.0 Å². The fourth-order valence-corrected chi connectivity index (χ4v) is 2.16. The van der Waals surface area contributed by atoms with E-state index in [1.807, 2.05) is 0 Å². The van der Waals surface area contributed by atoms with Gasteiger partial charge in [0.15, 0.2) is 0 Å². The summed E-state index contributed by atoms with van der Waals surface area (Å²) in [5.74, 6) is 0.0643. The Hall–Kier alpha value is -3.43. The predicted molar refractivity (Wildman–Crippen MR) is 91.0 cm³/mol. The van der Waals surface area contributed by atoms with E-state index in [4.69, 9.17) is 5.73 Å². The van der Waals surface area contributed by atoms with Crippen LogP contribution in [0.3, 0.4) is 0 Å². The number of pyridine rings is 1. The van der Waals surface area contributed by atoms with E-state index < -0.39 is 18.3 Å². The Balaban J connectivity index is 1.80. The van der Waals surface area contributed by atoms with Crippen LogP contribution in [-0.2, 0) is 0 Å². The molecule has 0 saturated heterocycles. The third-order valence-corrected chi connectivity index (χ3v) is 3.33. The lowest BCUT2D eigenvalue weighted by molar-refractivity contribution is -0.253. The van der Waals surface area contributed by atoms with E-state index in [-0.39, 0.29) is 11.6 Å². The number of anilines is 3. The van der Waals surface area contributed by atoms with Crippen molar-refractivity contribution >= 4 is 17.5 Å². The molecule has 0 radical (unpaired) electrons. The predicted octanol–water partition coefficient (Wildman–Crippen LogP) is 4.10. The molecule has 0 fully saturated rings. The van der Waals surface area contributed by atoms with Crippen LogP contribution >= 0.6 is 0 Å². The zero-order chi connectivity index (χ0) is 19.4. The number of nitrogens with two attached hydrogens (primary N) is 1. The molecule has 140 valence electrons. The number of hydrogen-bond donors (Lipinski definition) is 2. The Morgan fingerprint density at radius 3 is 2.56 bits per heavy atom. The van der Waals surface area contributed by atoms with E-state index >= 15 is 0 Å². The van der Waals surface area contributed by atoms with E-state index in [1.54, 1.807) is 18.2 Å². The molecule has 0 unspecified atom stereocenters. The molecule has 1 aromatic carbocycles. The van der Waals surface area contributed by atoms with Crippen LogP contribution in [0.1, 0.15) is 0 Å². The third kappa shape index (κ3) is 4.60. The Morgan fingerprint density at radius 1 is 1.04 bits per heavy atom. The summed E-state index contributed by atoms with van der Waals surface area (Å²) >= 11 is 0. The van der Waals surface area contributed by atoms with Crippen molar-refractivity contribution in [2.45, 2.75) is 12.5 Å². The maximum atomic E-state index is 13.0. The number of alkyl halides is 4. The summed E-state index contributed by atoms with van der Waals surface area (Å²) in [6, 6.07) is 10.2. The van der Waals surface area contributed by atoms with Gasteiger partial charge in [0.25, 0.3) is 0 Å². The number of halogens is 4. The van der Waals surface area contributed by atoms with Crippen LogP contribution < -0.4 is 15.8 Å². The van der Waals surface area contributed by atoms with Gasteiger partial charge in [-0.25, -0.2) is 15.0 Å². The number of nitrogens with zero attached hydrogens (tertiary/aromatic N) is 3. The molecule has 3 N–H and O–H groups in total. The summed E-state index contributed by atoms with van der Waals surface area (Å²) in [6.45, 7) is 0. The lowest BCUT2D eigenvalue weighted by Crippen LogP contribution is -2.33. The minimum Gasteiger partial charge on any atom is -0.428 e. The number of rotatable bonds is 6. The third-order valence-electron chi connectivity index (χ3n) is 3.33. The first-order valence-electron chi connectivity index (χ1n) is 7.60. The average Bonchev–Trinajstić information content (AvgIpc) is 2.62. The van der Waals surface area contributed by atoms with Crippen LogP contribution in [0.2, 0.25) is 0 Å². The highest BCUT2D eigenvalue weighted by atomic mass is 19.3. The van der Waals surface area contributed by atoms with Crippen molar-refractivity contribution in [2.75, 3.05) is 11.1 Å². The maximum Gasteiger partial charge on any atom is 0.461 e. The van der Waals surface area contributed by atoms with E-state index in [0.717, 1.165) is 12.1 Å². The van der Waals surface area contributed by atoms with Gasteiger partial charge in [0.1, 0.15) is 11.6 Å². The standard InChI is InChI=1S/C17H13F4N5O/c18-15(19)17(20,21)27-12-3-1-2-11(9-12)25-16-24-7-5-13(26-16)10-4-6-23-14(22)8-10/h1-9,15H,(H2,22,23)(H,24,25,26). The lowest BCUT2D eigenvalue weighted by Gasteiger charge is -2.17. The van der Waals surface area contributed by atoms with Crippen molar-refractivity contribution < 1.29 is 22.3 Å². The Labute approximate surface area is 151 Å². The normalized spacial score (nSPS) is 11.4. The molecule has 0 aliphatic heterocycles. The van der Waals surface area contributed by atoms with Crippen LogP contribution in [0.4, 0.5) is 35.0 Å². The van der Waals surface area contributed by atoms with Gasteiger partial charge >= 0.3 is 12.5 Å². The number of hydrogen-bond acceptors (Lipinski definition) is 6. The van der Waals surface area contributed by atoms with Crippen LogP contribution in [0.5, 0.6) is 5.75 Å². The first kappa shape index (κ1) is 18.4. The second-order valence-corrected chi connectivity index (χ2v) is 5.35. The topological polar surface area (TPSA) is 86.0 Å². The molecule has 10 heteroatoms. The van der Waals surface area contributed by atoms with Gasteiger partial charge in [0.2, 0.25) is 5.95 Å². The van der Waals surface area contributed by atoms with E-state index in [9.17, 15) is 17.6 Å². The summed E-state index contributed by atoms with van der Waals surface area (Å²) in [6.07, 6.45) is -5.51. The molecule has 0 bridgehead atoms. The Kier molecular flexibility index (Phi) is 5.06. The first-order chi connectivity index (χ1) is 12.8.